The van der Waals surface area contributed by atoms with Crippen molar-refractivity contribution in [2.24, 2.45) is 0 Å². The van der Waals surface area contributed by atoms with Gasteiger partial charge in [0.05, 0.1) is 6.61 Å². The van der Waals surface area contributed by atoms with Gasteiger partial charge in [0.15, 0.2) is 11.5 Å². The van der Waals surface area contributed by atoms with Crippen molar-refractivity contribution >= 4 is 17.6 Å². The second kappa shape index (κ2) is 8.32. The summed E-state index contributed by atoms with van der Waals surface area (Å²) in [4.78, 5) is 11.8. The molecule has 0 amide bonds. The van der Waals surface area contributed by atoms with E-state index in [4.69, 9.17) is 25.5 Å². The topological polar surface area (TPSA) is 69.9 Å². The Kier molecular flexibility index (Phi) is 6.04. The van der Waals surface area contributed by atoms with Crippen LogP contribution in [0.1, 0.15) is 28.8 Å². The fourth-order valence-electron chi connectivity index (χ4n) is 2.45. The van der Waals surface area contributed by atoms with Gasteiger partial charge in [-0.2, -0.15) is 13.2 Å². The molecule has 1 aromatic carbocycles. The van der Waals surface area contributed by atoms with Crippen molar-refractivity contribution in [1.82, 2.24) is 5.32 Å². The van der Waals surface area contributed by atoms with Gasteiger partial charge in [-0.1, -0.05) is 11.6 Å². The first kappa shape index (κ1) is 20.3. The molecule has 28 heavy (non-hydrogen) atoms. The lowest BCUT2D eigenvalue weighted by molar-refractivity contribution is -0.154. The predicted octanol–water partition coefficient (Wildman–Crippen LogP) is 4.06. The van der Waals surface area contributed by atoms with Gasteiger partial charge in [0, 0.05) is 24.2 Å². The molecule has 10 heteroatoms. The van der Waals surface area contributed by atoms with Crippen LogP contribution in [0.25, 0.3) is 0 Å². The van der Waals surface area contributed by atoms with Crippen LogP contribution in [-0.2, 0) is 17.5 Å². The number of benzene rings is 1. The third-order valence-electron chi connectivity index (χ3n) is 3.85. The van der Waals surface area contributed by atoms with Crippen LogP contribution in [0.4, 0.5) is 13.2 Å². The highest BCUT2D eigenvalue weighted by atomic mass is 35.5. The van der Waals surface area contributed by atoms with Crippen molar-refractivity contribution in [2.45, 2.75) is 25.8 Å². The molecule has 0 bridgehead atoms. The van der Waals surface area contributed by atoms with Crippen molar-refractivity contribution in [3.8, 4) is 11.5 Å². The number of nitrogens with one attached hydrogen (secondary N) is 1. The van der Waals surface area contributed by atoms with Crippen LogP contribution in [0.15, 0.2) is 28.7 Å². The minimum Gasteiger partial charge on any atom is -0.484 e. The molecule has 0 aliphatic carbocycles. The molecule has 1 aliphatic heterocycles. The Bertz CT molecular complexity index is 848. The number of alkyl halides is 3. The van der Waals surface area contributed by atoms with Crippen LogP contribution in [-0.4, -0.2) is 31.8 Å². The average molecular weight is 420 g/mol. The summed E-state index contributed by atoms with van der Waals surface area (Å²) in [5.41, 5.74) is -0.693. The highest BCUT2D eigenvalue weighted by molar-refractivity contribution is 6.30. The number of hydrogen-bond acceptors (Lipinski definition) is 6. The van der Waals surface area contributed by atoms with Crippen LogP contribution in [0, 0.1) is 0 Å². The Labute approximate surface area is 163 Å². The first-order valence-electron chi connectivity index (χ1n) is 8.44. The summed E-state index contributed by atoms with van der Waals surface area (Å²) >= 11 is 5.97. The van der Waals surface area contributed by atoms with Gasteiger partial charge < -0.3 is 23.9 Å². The van der Waals surface area contributed by atoms with Crippen molar-refractivity contribution in [2.75, 3.05) is 19.7 Å². The second-order valence-electron chi connectivity index (χ2n) is 5.95. The number of furan rings is 1. The average Bonchev–Trinajstić information content (AvgIpc) is 3.02. The number of carbonyl (C=O) groups is 1. The van der Waals surface area contributed by atoms with E-state index in [1.54, 1.807) is 18.2 Å². The van der Waals surface area contributed by atoms with Gasteiger partial charge in [-0.15, -0.1) is 0 Å². The number of esters is 1. The maximum absolute atomic E-state index is 13.1. The van der Waals surface area contributed by atoms with Crippen LogP contribution >= 0.6 is 11.6 Å². The number of hydrogen-bond donors (Lipinski definition) is 1. The van der Waals surface area contributed by atoms with E-state index in [0.717, 1.165) is 6.07 Å². The lowest BCUT2D eigenvalue weighted by Crippen LogP contribution is -2.50. The molecule has 2 heterocycles. The molecule has 0 unspecified atom stereocenters. The lowest BCUT2D eigenvalue weighted by Gasteiger charge is -2.28. The molecule has 2 aromatic rings. The third kappa shape index (κ3) is 4.71. The zero-order valence-corrected chi connectivity index (χ0v) is 15.5. The summed E-state index contributed by atoms with van der Waals surface area (Å²) in [7, 11) is 0. The highest BCUT2D eigenvalue weighted by Gasteiger charge is 2.41. The minimum absolute atomic E-state index is 0.0447. The van der Waals surface area contributed by atoms with E-state index >= 15 is 0 Å². The Morgan fingerprint density at radius 2 is 2.04 bits per heavy atom. The molecular formula is C18H17ClF3NO5. The normalized spacial score (nSPS) is 14.5. The molecule has 1 aromatic heterocycles. The molecule has 1 N–H and O–H groups in total. The van der Waals surface area contributed by atoms with Crippen molar-refractivity contribution < 1.29 is 36.6 Å². The summed E-state index contributed by atoms with van der Waals surface area (Å²) in [5, 5.41) is 3.48. The predicted molar refractivity (Wildman–Crippen MR) is 92.7 cm³/mol. The summed E-state index contributed by atoms with van der Waals surface area (Å²) in [5.74, 6) is -2.05. The van der Waals surface area contributed by atoms with Crippen LogP contribution < -0.4 is 14.8 Å². The maximum Gasteiger partial charge on any atom is 0.450 e. The smallest absolute Gasteiger partial charge is 0.450 e. The third-order valence-corrected chi connectivity index (χ3v) is 4.08. The number of carbonyl (C=O) groups excluding carboxylic acids is 1. The summed E-state index contributed by atoms with van der Waals surface area (Å²) < 4.78 is 60.2. The molecule has 3 rings (SSSR count). The van der Waals surface area contributed by atoms with Gasteiger partial charge in [0.2, 0.25) is 5.76 Å². The molecule has 0 saturated carbocycles. The van der Waals surface area contributed by atoms with Crippen molar-refractivity contribution in [1.29, 1.82) is 0 Å². The van der Waals surface area contributed by atoms with E-state index < -0.39 is 23.5 Å². The molecule has 1 fully saturated rings. The Morgan fingerprint density at radius 1 is 1.29 bits per heavy atom. The maximum atomic E-state index is 13.1. The fraction of sp³-hybridized carbons (Fsp3) is 0.389. The van der Waals surface area contributed by atoms with Gasteiger partial charge in [-0.05, 0) is 25.1 Å². The fourth-order valence-corrected chi connectivity index (χ4v) is 2.61. The van der Waals surface area contributed by atoms with E-state index in [-0.39, 0.29) is 25.1 Å². The van der Waals surface area contributed by atoms with Gasteiger partial charge in [0.25, 0.3) is 0 Å². The summed E-state index contributed by atoms with van der Waals surface area (Å²) in [6.45, 7) is 2.43. The Morgan fingerprint density at radius 3 is 2.64 bits per heavy atom. The minimum atomic E-state index is -4.84. The molecule has 1 aliphatic rings. The SMILES string of the molecule is CCOC(=O)c1cc(COc2ccc(Cl)cc2OC2CNC2)oc1C(F)(F)F. The Hall–Kier alpha value is -2.39. The van der Waals surface area contributed by atoms with Gasteiger partial charge >= 0.3 is 12.1 Å². The zero-order chi connectivity index (χ0) is 20.3. The highest BCUT2D eigenvalue weighted by Crippen LogP contribution is 2.36. The van der Waals surface area contributed by atoms with Gasteiger partial charge in [-0.25, -0.2) is 4.79 Å². The van der Waals surface area contributed by atoms with Crippen molar-refractivity contribution in [3.63, 3.8) is 0 Å². The molecule has 1 saturated heterocycles. The Balaban J connectivity index is 1.78. The van der Waals surface area contributed by atoms with E-state index in [2.05, 4.69) is 10.1 Å². The number of ether oxygens (including phenoxy) is 3. The standard InChI is InChI=1S/C18H17ClF3NO5/c1-2-25-17(24)13-6-11(28-16(13)18(20,21)22)9-26-14-4-3-10(19)5-15(14)27-12-7-23-8-12/h3-6,12,23H,2,7-9H2,1H3. The quantitative estimate of drug-likeness (QED) is 0.683. The number of rotatable bonds is 7. The summed E-state index contributed by atoms with van der Waals surface area (Å²) in [6, 6.07) is 5.63. The largest absolute Gasteiger partial charge is 0.484 e. The van der Waals surface area contributed by atoms with E-state index in [9.17, 15) is 18.0 Å². The van der Waals surface area contributed by atoms with Gasteiger partial charge in [0.1, 0.15) is 24.0 Å². The molecule has 0 atom stereocenters. The molecule has 152 valence electrons. The van der Waals surface area contributed by atoms with Crippen LogP contribution in [0.2, 0.25) is 5.02 Å². The second-order valence-corrected chi connectivity index (χ2v) is 6.39. The van der Waals surface area contributed by atoms with Gasteiger partial charge in [-0.3, -0.25) is 0 Å². The summed E-state index contributed by atoms with van der Waals surface area (Å²) in [6.07, 6.45) is -4.89. The van der Waals surface area contributed by atoms with E-state index in [1.165, 1.54) is 6.92 Å². The number of halogens is 4. The monoisotopic (exact) mass is 419 g/mol. The molecule has 6 nitrogen and oxygen atoms in total. The zero-order valence-electron chi connectivity index (χ0n) is 14.8. The first-order chi connectivity index (χ1) is 13.3. The molecule has 0 radical (unpaired) electrons. The van der Waals surface area contributed by atoms with Crippen molar-refractivity contribution in [3.05, 3.63) is 46.4 Å². The molecule has 0 spiro atoms. The molecular weight excluding hydrogens is 403 g/mol. The lowest BCUT2D eigenvalue weighted by atomic mass is 10.2. The van der Waals surface area contributed by atoms with E-state index in [0.29, 0.717) is 29.6 Å². The first-order valence-corrected chi connectivity index (χ1v) is 8.82. The van der Waals surface area contributed by atoms with Crippen LogP contribution in [0.5, 0.6) is 11.5 Å². The van der Waals surface area contributed by atoms with Crippen LogP contribution in [0.3, 0.4) is 0 Å². The van der Waals surface area contributed by atoms with E-state index in [1.807, 2.05) is 0 Å².